The van der Waals surface area contributed by atoms with Crippen molar-refractivity contribution in [2.24, 2.45) is 0 Å². The number of aromatic hydroxyl groups is 2. The van der Waals surface area contributed by atoms with E-state index in [1.54, 1.807) is 48.5 Å². The number of phenols is 2. The van der Waals surface area contributed by atoms with Gasteiger partial charge in [-0.15, -0.1) is 0 Å². The van der Waals surface area contributed by atoms with Crippen molar-refractivity contribution in [1.82, 2.24) is 31.9 Å². The molecule has 0 aliphatic rings. The van der Waals surface area contributed by atoms with E-state index in [1.807, 2.05) is 0 Å². The molecule has 2 rings (SSSR count). The minimum absolute atomic E-state index is 0.211. The summed E-state index contributed by atoms with van der Waals surface area (Å²) in [5.41, 5.74) is 1.71. The average molecular weight is 695 g/mol. The molecule has 0 unspecified atom stereocenters. The van der Waals surface area contributed by atoms with Gasteiger partial charge in [-0.05, 0) is 55.0 Å². The molecule has 8 nitrogen and oxygen atoms in total. The Labute approximate surface area is 286 Å². The summed E-state index contributed by atoms with van der Waals surface area (Å²) in [6, 6.07) is 13.5. The summed E-state index contributed by atoms with van der Waals surface area (Å²) in [5, 5.41) is 38.1. The van der Waals surface area contributed by atoms with Gasteiger partial charge in [0.1, 0.15) is 21.5 Å². The van der Waals surface area contributed by atoms with Gasteiger partial charge in [-0.3, -0.25) is 0 Å². The third-order valence-electron chi connectivity index (χ3n) is 5.88. The van der Waals surface area contributed by atoms with Crippen LogP contribution in [-0.4, -0.2) is 79.4 Å². The minimum Gasteiger partial charge on any atom is -0.508 e. The summed E-state index contributed by atoms with van der Waals surface area (Å²) >= 11 is 32.3. The summed E-state index contributed by atoms with van der Waals surface area (Å²) in [7, 11) is 0. The summed E-state index contributed by atoms with van der Waals surface area (Å²) in [5.74, 6) is 0.421. The number of rotatable bonds is 18. The Morgan fingerprint density at radius 3 is 1.02 bits per heavy atom. The minimum atomic E-state index is 0.211. The van der Waals surface area contributed by atoms with Gasteiger partial charge in [0.25, 0.3) is 0 Å². The van der Waals surface area contributed by atoms with E-state index in [9.17, 15) is 10.2 Å². The van der Waals surface area contributed by atoms with Crippen LogP contribution in [0.2, 0.25) is 0 Å². The first kappa shape index (κ1) is 36.6. The molecular formula is C29H38N6O2S6. The number of hydrogen-bond donors (Lipinski definition) is 8. The summed E-state index contributed by atoms with van der Waals surface area (Å²) in [4.78, 5) is 4.34. The van der Waals surface area contributed by atoms with E-state index in [4.69, 9.17) is 73.3 Å². The van der Waals surface area contributed by atoms with Gasteiger partial charge in [-0.25, -0.2) is 0 Å². The summed E-state index contributed by atoms with van der Waals surface area (Å²) in [6.45, 7) is 4.12. The molecule has 8 N–H and O–H groups in total. The van der Waals surface area contributed by atoms with Crippen molar-refractivity contribution in [3.63, 3.8) is 0 Å². The highest BCUT2D eigenvalue weighted by Gasteiger charge is 2.05. The predicted molar refractivity (Wildman–Crippen MR) is 201 cm³/mol. The van der Waals surface area contributed by atoms with Crippen molar-refractivity contribution >= 4 is 103 Å². The second-order valence-corrected chi connectivity index (χ2v) is 12.1. The van der Waals surface area contributed by atoms with E-state index in [0.717, 1.165) is 50.6 Å². The number of hydrogen-bond acceptors (Lipinski definition) is 8. The maximum atomic E-state index is 9.37. The molecular weight excluding hydrogens is 657 g/mol. The van der Waals surface area contributed by atoms with Crippen molar-refractivity contribution < 1.29 is 10.2 Å². The molecule has 0 saturated heterocycles. The lowest BCUT2D eigenvalue weighted by Gasteiger charge is -2.13. The van der Waals surface area contributed by atoms with Crippen LogP contribution in [0, 0.1) is 0 Å². The summed E-state index contributed by atoms with van der Waals surface area (Å²) in [6.07, 6.45) is 3.61. The van der Waals surface area contributed by atoms with E-state index in [1.165, 1.54) is 0 Å². The zero-order valence-corrected chi connectivity index (χ0v) is 28.6. The van der Waals surface area contributed by atoms with Crippen molar-refractivity contribution in [3.05, 3.63) is 59.7 Å². The normalized spacial score (nSPS) is 10.2. The van der Waals surface area contributed by atoms with Gasteiger partial charge in [-0.1, -0.05) is 73.3 Å². The Morgan fingerprint density at radius 1 is 0.419 bits per heavy atom. The fourth-order valence-corrected chi connectivity index (χ4v) is 4.83. The van der Waals surface area contributed by atoms with E-state index >= 15 is 0 Å². The summed E-state index contributed by atoms with van der Waals surface area (Å²) < 4.78 is 0. The molecule has 0 radical (unpaired) electrons. The van der Waals surface area contributed by atoms with Crippen molar-refractivity contribution in [2.45, 2.75) is 32.1 Å². The second-order valence-electron chi connectivity index (χ2n) is 9.36. The number of nitrogens with one attached hydrogen (secondary N) is 6. The van der Waals surface area contributed by atoms with Gasteiger partial charge in [0.05, 0.1) is 20.0 Å². The van der Waals surface area contributed by atoms with E-state index in [2.05, 4.69) is 31.9 Å². The third kappa shape index (κ3) is 16.7. The molecule has 43 heavy (non-hydrogen) atoms. The third-order valence-corrected chi connectivity index (χ3v) is 8.03. The van der Waals surface area contributed by atoms with Crippen LogP contribution in [0.4, 0.5) is 0 Å². The standard InChI is InChI=1S/C29H38N6O2S6/c36-22-6-2-20(3-7-22)28(42)34-18-12-26(40)32-16-10-24(38)30-14-1-15-31-25(39)11-17-33-27(41)13-19-35-29(43)21-4-8-23(37)9-5-21/h2-9,36-37H,1,10-19H2,(H,30,38)(H,31,39)(H,32,40)(H,33,41)(H,34,42)(H,35,43). The molecule has 0 fully saturated rings. The van der Waals surface area contributed by atoms with Crippen LogP contribution in [0.3, 0.4) is 0 Å². The quantitative estimate of drug-likeness (QED) is 0.0852. The van der Waals surface area contributed by atoms with Gasteiger partial charge >= 0.3 is 0 Å². The van der Waals surface area contributed by atoms with Gasteiger partial charge in [0.15, 0.2) is 0 Å². The first-order valence-electron chi connectivity index (χ1n) is 13.9. The highest BCUT2D eigenvalue weighted by Crippen LogP contribution is 2.10. The smallest absolute Gasteiger partial charge is 0.115 e. The molecule has 0 aliphatic carbocycles. The van der Waals surface area contributed by atoms with Gasteiger partial charge in [-0.2, -0.15) is 0 Å². The fraction of sp³-hybridized carbons (Fsp3) is 0.379. The zero-order valence-electron chi connectivity index (χ0n) is 23.7. The second kappa shape index (κ2) is 21.1. The molecule has 0 atom stereocenters. The van der Waals surface area contributed by atoms with Crippen LogP contribution in [0.5, 0.6) is 11.5 Å². The van der Waals surface area contributed by atoms with Crippen LogP contribution < -0.4 is 31.9 Å². The van der Waals surface area contributed by atoms with Crippen molar-refractivity contribution in [1.29, 1.82) is 0 Å². The maximum absolute atomic E-state index is 9.37. The Morgan fingerprint density at radius 2 is 0.698 bits per heavy atom. The van der Waals surface area contributed by atoms with Gasteiger partial charge in [0, 0.05) is 76.1 Å². The molecule has 0 bridgehead atoms. The predicted octanol–water partition coefficient (Wildman–Crippen LogP) is 3.95. The van der Waals surface area contributed by atoms with Crippen LogP contribution >= 0.6 is 73.3 Å². The Balaban J connectivity index is 1.41. The molecule has 0 spiro atoms. The number of thiocarbonyl (C=S) groups is 6. The number of benzene rings is 2. The Kier molecular flexibility index (Phi) is 18.0. The topological polar surface area (TPSA) is 113 Å². The molecule has 14 heteroatoms. The van der Waals surface area contributed by atoms with Crippen LogP contribution in [0.25, 0.3) is 0 Å². The Hall–Kier alpha value is -2.62. The van der Waals surface area contributed by atoms with Crippen molar-refractivity contribution in [3.8, 4) is 11.5 Å². The lowest BCUT2D eigenvalue weighted by Crippen LogP contribution is -2.33. The largest absolute Gasteiger partial charge is 0.508 e. The lowest BCUT2D eigenvalue weighted by atomic mass is 10.2. The first-order valence-corrected chi connectivity index (χ1v) is 16.3. The molecule has 0 saturated carbocycles. The van der Waals surface area contributed by atoms with Crippen LogP contribution in [0.1, 0.15) is 43.2 Å². The molecule has 0 aliphatic heterocycles. The van der Waals surface area contributed by atoms with Gasteiger partial charge in [0.2, 0.25) is 0 Å². The molecule has 232 valence electrons. The maximum Gasteiger partial charge on any atom is 0.115 e. The monoisotopic (exact) mass is 694 g/mol. The van der Waals surface area contributed by atoms with Gasteiger partial charge < -0.3 is 42.1 Å². The molecule has 0 amide bonds. The Bertz CT molecular complexity index is 1150. The van der Waals surface area contributed by atoms with E-state index in [-0.39, 0.29) is 11.5 Å². The van der Waals surface area contributed by atoms with Crippen LogP contribution in [-0.2, 0) is 0 Å². The first-order chi connectivity index (χ1) is 20.6. The lowest BCUT2D eigenvalue weighted by molar-refractivity contribution is 0.474. The molecule has 2 aromatic carbocycles. The highest BCUT2D eigenvalue weighted by atomic mass is 32.1. The fourth-order valence-electron chi connectivity index (χ4n) is 3.54. The van der Waals surface area contributed by atoms with E-state index < -0.39 is 0 Å². The van der Waals surface area contributed by atoms with Crippen LogP contribution in [0.15, 0.2) is 48.5 Å². The highest BCUT2D eigenvalue weighted by molar-refractivity contribution is 7.81. The number of phenolic OH excluding ortho intramolecular Hbond substituents is 2. The zero-order chi connectivity index (χ0) is 31.5. The van der Waals surface area contributed by atoms with Crippen molar-refractivity contribution in [2.75, 3.05) is 39.3 Å². The average Bonchev–Trinajstić information content (AvgIpc) is 2.97. The SMILES string of the molecule is Oc1ccc(C(=S)NCCC(=S)NCCC(=S)NCCCNC(=S)CCNC(=S)CCNC(=S)c2ccc(O)cc2)cc1. The van der Waals surface area contributed by atoms with E-state index in [0.29, 0.717) is 61.8 Å². The molecule has 2 aromatic rings. The molecule has 0 aromatic heterocycles. The molecule has 0 heterocycles.